The second kappa shape index (κ2) is 9.07. The van der Waals surface area contributed by atoms with Gasteiger partial charge in [0.1, 0.15) is 18.2 Å². The van der Waals surface area contributed by atoms with Gasteiger partial charge in [-0.2, -0.15) is 0 Å². The molecule has 2 rings (SSSR count). The van der Waals surface area contributed by atoms with Crippen LogP contribution in [0.25, 0.3) is 0 Å². The van der Waals surface area contributed by atoms with E-state index >= 15 is 0 Å². The largest absolute Gasteiger partial charge is 0.486 e. The summed E-state index contributed by atoms with van der Waals surface area (Å²) in [7, 11) is 0. The predicted molar refractivity (Wildman–Crippen MR) is 88.3 cm³/mol. The number of benzene rings is 1. The van der Waals surface area contributed by atoms with Gasteiger partial charge in [-0.25, -0.2) is 4.39 Å². The van der Waals surface area contributed by atoms with Crippen LogP contribution >= 0.6 is 11.8 Å². The van der Waals surface area contributed by atoms with Crippen molar-refractivity contribution in [2.24, 2.45) is 0 Å². The lowest BCUT2D eigenvalue weighted by Crippen LogP contribution is -2.10. The van der Waals surface area contributed by atoms with Crippen molar-refractivity contribution in [1.29, 1.82) is 0 Å². The summed E-state index contributed by atoms with van der Waals surface area (Å²) in [5.41, 5.74) is 0. The Morgan fingerprint density at radius 3 is 2.79 bits per heavy atom. The lowest BCUT2D eigenvalue weighted by molar-refractivity contribution is -0.139. The second-order valence-corrected chi connectivity index (χ2v) is 5.58. The minimum Gasteiger partial charge on any atom is -0.486 e. The molecule has 0 atom stereocenters. The molecule has 8 heteroatoms. The van der Waals surface area contributed by atoms with Crippen LogP contribution in [0.15, 0.2) is 42.1 Å². The number of hydrogen-bond acceptors (Lipinski definition) is 6. The Labute approximate surface area is 143 Å². The van der Waals surface area contributed by atoms with E-state index in [0.717, 1.165) is 0 Å². The molecule has 0 N–H and O–H groups in total. The van der Waals surface area contributed by atoms with Crippen LogP contribution in [0.3, 0.4) is 0 Å². The third kappa shape index (κ3) is 5.09. The van der Waals surface area contributed by atoms with Crippen LogP contribution < -0.4 is 4.74 Å². The normalized spacial score (nSPS) is 10.4. The zero-order chi connectivity index (χ0) is 17.4. The highest BCUT2D eigenvalue weighted by Crippen LogP contribution is 2.19. The Morgan fingerprint density at radius 2 is 2.12 bits per heavy atom. The van der Waals surface area contributed by atoms with Gasteiger partial charge in [-0.1, -0.05) is 17.8 Å². The summed E-state index contributed by atoms with van der Waals surface area (Å²) in [5, 5.41) is 8.74. The third-order valence-electron chi connectivity index (χ3n) is 2.91. The highest BCUT2D eigenvalue weighted by Gasteiger charge is 2.14. The van der Waals surface area contributed by atoms with Gasteiger partial charge in [-0.15, -0.1) is 16.8 Å². The molecule has 0 unspecified atom stereocenters. The molecular formula is C16H18FN3O3S. The number of allylic oxidation sites excluding steroid dienone is 1. The molecule has 2 aromatic rings. The van der Waals surface area contributed by atoms with E-state index in [4.69, 9.17) is 9.47 Å². The highest BCUT2D eigenvalue weighted by atomic mass is 32.2. The fourth-order valence-electron chi connectivity index (χ4n) is 1.85. The van der Waals surface area contributed by atoms with Gasteiger partial charge in [0.15, 0.2) is 11.0 Å². The molecule has 0 amide bonds. The van der Waals surface area contributed by atoms with Gasteiger partial charge in [0.2, 0.25) is 0 Å². The summed E-state index contributed by atoms with van der Waals surface area (Å²) in [5.74, 6) is 0.646. The molecule has 1 aromatic heterocycles. The number of hydrogen-bond donors (Lipinski definition) is 0. The van der Waals surface area contributed by atoms with Gasteiger partial charge in [0.25, 0.3) is 0 Å². The molecule has 1 heterocycles. The van der Waals surface area contributed by atoms with Gasteiger partial charge in [-0.3, -0.25) is 9.36 Å². The van der Waals surface area contributed by atoms with Crippen molar-refractivity contribution in [3.05, 3.63) is 48.6 Å². The Hall–Kier alpha value is -2.35. The maximum atomic E-state index is 12.9. The number of nitrogens with zero attached hydrogens (tertiary/aromatic N) is 3. The summed E-state index contributed by atoms with van der Waals surface area (Å²) in [6.07, 6.45) is 1.71. The molecule has 1 aromatic carbocycles. The van der Waals surface area contributed by atoms with Crippen LogP contribution in [0.1, 0.15) is 12.7 Å². The number of aromatic nitrogens is 3. The molecule has 0 saturated carbocycles. The first-order valence-electron chi connectivity index (χ1n) is 7.33. The van der Waals surface area contributed by atoms with Crippen molar-refractivity contribution in [3.63, 3.8) is 0 Å². The van der Waals surface area contributed by atoms with E-state index in [1.807, 2.05) is 0 Å². The van der Waals surface area contributed by atoms with Crippen LogP contribution in [-0.4, -0.2) is 33.1 Å². The predicted octanol–water partition coefficient (Wildman–Crippen LogP) is 2.84. The zero-order valence-electron chi connectivity index (χ0n) is 13.3. The molecule has 128 valence electrons. The Bertz CT molecular complexity index is 688. The summed E-state index contributed by atoms with van der Waals surface area (Å²) >= 11 is 1.24. The van der Waals surface area contributed by atoms with Crippen LogP contribution in [0, 0.1) is 5.82 Å². The zero-order valence-corrected chi connectivity index (χ0v) is 14.1. The van der Waals surface area contributed by atoms with E-state index in [-0.39, 0.29) is 24.1 Å². The molecule has 0 aliphatic carbocycles. The lowest BCUT2D eigenvalue weighted by atomic mass is 10.3. The van der Waals surface area contributed by atoms with Gasteiger partial charge >= 0.3 is 5.97 Å². The molecule has 6 nitrogen and oxygen atoms in total. The summed E-state index contributed by atoms with van der Waals surface area (Å²) in [4.78, 5) is 11.5. The number of esters is 1. The van der Waals surface area contributed by atoms with E-state index in [9.17, 15) is 9.18 Å². The number of halogens is 1. The number of carbonyl (C=O) groups excluding carboxylic acids is 1. The average molecular weight is 351 g/mol. The van der Waals surface area contributed by atoms with Crippen molar-refractivity contribution < 1.29 is 18.7 Å². The van der Waals surface area contributed by atoms with E-state index in [0.29, 0.717) is 29.9 Å². The maximum Gasteiger partial charge on any atom is 0.316 e. The molecule has 0 fully saturated rings. The SMILES string of the molecule is C=CCn1c(COc2ccc(F)cc2)nnc1SCC(=O)OCC. The number of ether oxygens (including phenoxy) is 2. The molecule has 0 radical (unpaired) electrons. The molecule has 0 aliphatic heterocycles. The fraction of sp³-hybridized carbons (Fsp3) is 0.312. The standard InChI is InChI=1S/C16H18FN3O3S/c1-3-9-20-14(10-23-13-7-5-12(17)6-8-13)18-19-16(20)24-11-15(21)22-4-2/h3,5-8H,1,4,9-11H2,2H3. The Morgan fingerprint density at radius 1 is 1.38 bits per heavy atom. The monoisotopic (exact) mass is 351 g/mol. The highest BCUT2D eigenvalue weighted by molar-refractivity contribution is 7.99. The fourth-order valence-corrected chi connectivity index (χ4v) is 2.61. The maximum absolute atomic E-state index is 12.9. The van der Waals surface area contributed by atoms with Crippen molar-refractivity contribution in [1.82, 2.24) is 14.8 Å². The average Bonchev–Trinajstić information content (AvgIpc) is 2.95. The minimum absolute atomic E-state index is 0.155. The Kier molecular flexibility index (Phi) is 6.80. The summed E-state index contributed by atoms with van der Waals surface area (Å²) < 4.78 is 25.2. The first-order valence-corrected chi connectivity index (χ1v) is 8.32. The van der Waals surface area contributed by atoms with Gasteiger partial charge < -0.3 is 9.47 Å². The molecular weight excluding hydrogens is 333 g/mol. The van der Waals surface area contributed by atoms with Crippen LogP contribution in [-0.2, 0) is 22.7 Å². The van der Waals surface area contributed by atoms with Gasteiger partial charge in [0.05, 0.1) is 12.4 Å². The lowest BCUT2D eigenvalue weighted by Gasteiger charge is -2.09. The topological polar surface area (TPSA) is 66.2 Å². The van der Waals surface area contributed by atoms with Gasteiger partial charge in [-0.05, 0) is 31.2 Å². The van der Waals surface area contributed by atoms with Crippen LogP contribution in [0.5, 0.6) is 5.75 Å². The van der Waals surface area contributed by atoms with Crippen molar-refractivity contribution in [3.8, 4) is 5.75 Å². The van der Waals surface area contributed by atoms with Crippen molar-refractivity contribution >= 4 is 17.7 Å². The van der Waals surface area contributed by atoms with Crippen molar-refractivity contribution in [2.45, 2.75) is 25.2 Å². The number of rotatable bonds is 9. The smallest absolute Gasteiger partial charge is 0.316 e. The quantitative estimate of drug-likeness (QED) is 0.393. The first-order chi connectivity index (χ1) is 11.6. The van der Waals surface area contributed by atoms with E-state index < -0.39 is 0 Å². The Balaban J connectivity index is 2.02. The second-order valence-electron chi connectivity index (χ2n) is 4.63. The van der Waals surface area contributed by atoms with E-state index in [2.05, 4.69) is 16.8 Å². The molecule has 0 aliphatic rings. The third-order valence-corrected chi connectivity index (χ3v) is 3.85. The van der Waals surface area contributed by atoms with Crippen LogP contribution in [0.2, 0.25) is 0 Å². The van der Waals surface area contributed by atoms with Crippen LogP contribution in [0.4, 0.5) is 4.39 Å². The number of carbonyl (C=O) groups is 1. The summed E-state index contributed by atoms with van der Waals surface area (Å²) in [6, 6.07) is 5.73. The molecule has 0 bridgehead atoms. The summed E-state index contributed by atoms with van der Waals surface area (Å²) in [6.45, 7) is 6.47. The van der Waals surface area contributed by atoms with E-state index in [1.165, 1.54) is 23.9 Å². The first kappa shape index (κ1) is 18.0. The molecule has 0 saturated heterocycles. The van der Waals surface area contributed by atoms with Crippen molar-refractivity contribution in [2.75, 3.05) is 12.4 Å². The molecule has 0 spiro atoms. The van der Waals surface area contributed by atoms with Gasteiger partial charge in [0, 0.05) is 6.54 Å². The minimum atomic E-state index is -0.324. The van der Waals surface area contributed by atoms with E-state index in [1.54, 1.807) is 29.7 Å². The number of thioether (sulfide) groups is 1. The molecule has 24 heavy (non-hydrogen) atoms.